The smallest absolute Gasteiger partial charge is 0.338 e. The fourth-order valence-corrected chi connectivity index (χ4v) is 6.50. The van der Waals surface area contributed by atoms with E-state index < -0.39 is 47.9 Å². The number of ether oxygens (including phenoxy) is 3. The predicted octanol–water partition coefficient (Wildman–Crippen LogP) is 3.05. The molecule has 14 heteroatoms. The number of nitrogens with zero attached hydrogens (tertiary/aromatic N) is 4. The van der Waals surface area contributed by atoms with Crippen molar-refractivity contribution in [3.63, 3.8) is 0 Å². The number of rotatable bonds is 8. The molecule has 0 spiro atoms. The molecule has 3 atom stereocenters. The number of esters is 1. The molecule has 12 nitrogen and oxygen atoms in total. The van der Waals surface area contributed by atoms with Gasteiger partial charge < -0.3 is 29.7 Å². The topological polar surface area (TPSA) is 136 Å². The highest BCUT2D eigenvalue weighted by molar-refractivity contribution is 6.01. The second-order valence-electron chi connectivity index (χ2n) is 11.3. The van der Waals surface area contributed by atoms with Crippen LogP contribution >= 0.6 is 0 Å². The van der Waals surface area contributed by atoms with E-state index in [-0.39, 0.29) is 29.5 Å². The minimum atomic E-state index is -1.44. The van der Waals surface area contributed by atoms with Gasteiger partial charge in [0.1, 0.15) is 12.1 Å². The summed E-state index contributed by atoms with van der Waals surface area (Å²) in [5.41, 5.74) is 1.40. The van der Waals surface area contributed by atoms with Crippen LogP contribution in [0.4, 0.5) is 24.1 Å². The Balaban J connectivity index is 1.35. The van der Waals surface area contributed by atoms with Crippen LogP contribution in [-0.4, -0.2) is 100 Å². The number of anilines is 1. The van der Waals surface area contributed by atoms with E-state index in [1.807, 2.05) is 18.2 Å². The van der Waals surface area contributed by atoms with Crippen LogP contribution in [-0.2, 0) is 19.0 Å². The summed E-state index contributed by atoms with van der Waals surface area (Å²) in [5.74, 6) is -3.23. The van der Waals surface area contributed by atoms with Gasteiger partial charge in [0.25, 0.3) is 0 Å². The normalized spacial score (nSPS) is 22.4. The van der Waals surface area contributed by atoms with Gasteiger partial charge in [-0.3, -0.25) is 4.90 Å². The zero-order valence-electron chi connectivity index (χ0n) is 25.8. The van der Waals surface area contributed by atoms with E-state index in [0.29, 0.717) is 18.7 Å². The third-order valence-corrected chi connectivity index (χ3v) is 8.76. The Morgan fingerprint density at radius 3 is 2.46 bits per heavy atom. The summed E-state index contributed by atoms with van der Waals surface area (Å²) in [4.78, 5) is 45.5. The monoisotopic (exact) mass is 638 g/mol. The minimum absolute atomic E-state index is 0.0148. The van der Waals surface area contributed by atoms with Crippen LogP contribution < -0.4 is 15.5 Å². The van der Waals surface area contributed by atoms with Crippen molar-refractivity contribution in [2.45, 2.75) is 37.1 Å². The standard InChI is InChI=1S/C32H36F2N6O6/c1-44-18-25-28(30(41)46-3)29(19-8-9-22(33)23(34)14-19)40(32(43)37-25)31(42)36-24-16-39(17-27(24)45-2)21-10-12-38(13-11-21)26-7-5-4-6-20(26)15-35/h4-9,14,21,24,27,29H,10-13,16-18H2,1-3H3,(H,36,42)(H,37,43)/t24?,27?,29-/m0/s1. The largest absolute Gasteiger partial charge is 0.466 e. The first kappa shape index (κ1) is 32.8. The lowest BCUT2D eigenvalue weighted by Gasteiger charge is -2.38. The Labute approximate surface area is 265 Å². The number of likely N-dealkylation sites (tertiary alicyclic amines) is 1. The van der Waals surface area contributed by atoms with Gasteiger partial charge in [0.05, 0.1) is 48.4 Å². The molecule has 0 radical (unpaired) electrons. The SMILES string of the molecule is COCC1=C(C(=O)OC)[C@H](c2ccc(F)c(F)c2)N(C(=O)NC2CN(C3CCN(c4ccccc4C#N)CC3)CC2OC)C(=O)N1. The maximum absolute atomic E-state index is 14.4. The van der Waals surface area contributed by atoms with Crippen LogP contribution in [0.5, 0.6) is 0 Å². The molecular formula is C32H36F2N6O6. The second kappa shape index (κ2) is 14.2. The summed E-state index contributed by atoms with van der Waals surface area (Å²) in [5, 5.41) is 14.9. The number of carbonyl (C=O) groups is 3. The second-order valence-corrected chi connectivity index (χ2v) is 11.3. The van der Waals surface area contributed by atoms with E-state index in [9.17, 15) is 28.4 Å². The number of carbonyl (C=O) groups excluding carboxylic acids is 3. The van der Waals surface area contributed by atoms with Gasteiger partial charge in [0.15, 0.2) is 11.6 Å². The van der Waals surface area contributed by atoms with Crippen molar-refractivity contribution in [3.05, 3.63) is 76.5 Å². The molecule has 2 N–H and O–H groups in total. The van der Waals surface area contributed by atoms with E-state index in [1.54, 1.807) is 13.2 Å². The molecule has 0 aromatic heterocycles. The van der Waals surface area contributed by atoms with Gasteiger partial charge >= 0.3 is 18.0 Å². The highest BCUT2D eigenvalue weighted by atomic mass is 19.2. The van der Waals surface area contributed by atoms with E-state index in [0.717, 1.165) is 55.8 Å². The van der Waals surface area contributed by atoms with Crippen LogP contribution in [0.25, 0.3) is 0 Å². The zero-order chi connectivity index (χ0) is 33.0. The lowest BCUT2D eigenvalue weighted by atomic mass is 9.93. The first-order valence-electron chi connectivity index (χ1n) is 14.9. The lowest BCUT2D eigenvalue weighted by molar-refractivity contribution is -0.137. The molecule has 2 unspecified atom stereocenters. The number of hydrogen-bond donors (Lipinski definition) is 2. The number of urea groups is 2. The van der Waals surface area contributed by atoms with Gasteiger partial charge in [0.2, 0.25) is 0 Å². The van der Waals surface area contributed by atoms with Crippen molar-refractivity contribution >= 4 is 23.7 Å². The molecule has 46 heavy (non-hydrogen) atoms. The van der Waals surface area contributed by atoms with Crippen LogP contribution in [0.2, 0.25) is 0 Å². The number of nitriles is 1. The number of imide groups is 1. The van der Waals surface area contributed by atoms with E-state index in [4.69, 9.17) is 14.2 Å². The van der Waals surface area contributed by atoms with E-state index in [2.05, 4.69) is 26.5 Å². The molecule has 0 aliphatic carbocycles. The summed E-state index contributed by atoms with van der Waals surface area (Å²) in [6.45, 7) is 2.26. The molecule has 244 valence electrons. The summed E-state index contributed by atoms with van der Waals surface area (Å²) in [6.07, 6.45) is 1.26. The zero-order valence-corrected chi connectivity index (χ0v) is 25.8. The molecule has 3 heterocycles. The van der Waals surface area contributed by atoms with Crippen LogP contribution in [0.1, 0.15) is 30.0 Å². The van der Waals surface area contributed by atoms with Crippen LogP contribution in [0.3, 0.4) is 0 Å². The van der Waals surface area contributed by atoms with Crippen molar-refractivity contribution < 1.29 is 37.4 Å². The van der Waals surface area contributed by atoms with Crippen molar-refractivity contribution in [2.75, 3.05) is 59.0 Å². The van der Waals surface area contributed by atoms with Gasteiger partial charge in [-0.1, -0.05) is 18.2 Å². The maximum Gasteiger partial charge on any atom is 0.338 e. The fourth-order valence-electron chi connectivity index (χ4n) is 6.50. The van der Waals surface area contributed by atoms with Crippen molar-refractivity contribution in [1.82, 2.24) is 20.4 Å². The average Bonchev–Trinajstić information content (AvgIpc) is 3.48. The van der Waals surface area contributed by atoms with Gasteiger partial charge in [0, 0.05) is 46.4 Å². The molecule has 5 rings (SSSR count). The number of piperidine rings is 1. The van der Waals surface area contributed by atoms with Crippen molar-refractivity contribution in [2.24, 2.45) is 0 Å². The number of benzene rings is 2. The minimum Gasteiger partial charge on any atom is -0.466 e. The first-order chi connectivity index (χ1) is 22.2. The lowest BCUT2D eigenvalue weighted by Crippen LogP contribution is -2.58. The average molecular weight is 639 g/mol. The fraction of sp³-hybridized carbons (Fsp3) is 0.438. The Bertz CT molecular complexity index is 1560. The molecule has 2 saturated heterocycles. The van der Waals surface area contributed by atoms with Gasteiger partial charge in [-0.15, -0.1) is 0 Å². The Morgan fingerprint density at radius 1 is 1.07 bits per heavy atom. The first-order valence-corrected chi connectivity index (χ1v) is 14.9. The summed E-state index contributed by atoms with van der Waals surface area (Å²) >= 11 is 0. The number of para-hydroxylation sites is 1. The molecule has 3 aliphatic heterocycles. The number of nitrogens with one attached hydrogen (secondary N) is 2. The van der Waals surface area contributed by atoms with Crippen LogP contribution in [0.15, 0.2) is 53.7 Å². The molecule has 3 aliphatic rings. The molecule has 2 fully saturated rings. The summed E-state index contributed by atoms with van der Waals surface area (Å²) in [7, 11) is 4.03. The van der Waals surface area contributed by atoms with E-state index >= 15 is 0 Å². The molecule has 2 aromatic rings. The highest BCUT2D eigenvalue weighted by Gasteiger charge is 2.45. The Hall–Kier alpha value is -4.58. The molecular weight excluding hydrogens is 602 g/mol. The highest BCUT2D eigenvalue weighted by Crippen LogP contribution is 2.36. The molecule has 4 amide bonds. The quantitative estimate of drug-likeness (QED) is 0.418. The summed E-state index contributed by atoms with van der Waals surface area (Å²) in [6, 6.07) is 9.15. The van der Waals surface area contributed by atoms with Gasteiger partial charge in [-0.05, 0) is 42.7 Å². The van der Waals surface area contributed by atoms with Crippen molar-refractivity contribution in [3.8, 4) is 6.07 Å². The van der Waals surface area contributed by atoms with Crippen LogP contribution in [0, 0.1) is 23.0 Å². The number of halogens is 2. The van der Waals surface area contributed by atoms with Crippen molar-refractivity contribution in [1.29, 1.82) is 5.26 Å². The molecule has 2 aromatic carbocycles. The Kier molecular flexibility index (Phi) is 10.2. The number of methoxy groups -OCH3 is 3. The van der Waals surface area contributed by atoms with Gasteiger partial charge in [-0.2, -0.15) is 5.26 Å². The summed E-state index contributed by atoms with van der Waals surface area (Å²) < 4.78 is 44.2. The number of hydrogen-bond acceptors (Lipinski definition) is 9. The Morgan fingerprint density at radius 2 is 1.80 bits per heavy atom. The number of amides is 4. The third kappa shape index (κ3) is 6.53. The molecule has 0 saturated carbocycles. The van der Waals surface area contributed by atoms with E-state index in [1.165, 1.54) is 13.2 Å². The molecule has 0 bridgehead atoms. The maximum atomic E-state index is 14.4. The predicted molar refractivity (Wildman–Crippen MR) is 161 cm³/mol. The van der Waals surface area contributed by atoms with Gasteiger partial charge in [-0.25, -0.2) is 28.1 Å². The third-order valence-electron chi connectivity index (χ3n) is 8.76.